The van der Waals surface area contributed by atoms with Gasteiger partial charge < -0.3 is 0 Å². The summed E-state index contributed by atoms with van der Waals surface area (Å²) < 4.78 is 2.52. The van der Waals surface area contributed by atoms with Gasteiger partial charge in [0.05, 0.1) is 0 Å². The summed E-state index contributed by atoms with van der Waals surface area (Å²) in [6.07, 6.45) is 0.843. The van der Waals surface area contributed by atoms with Gasteiger partial charge in [0.25, 0.3) is 0 Å². The Morgan fingerprint density at radius 1 is 0.633 bits per heavy atom. The summed E-state index contributed by atoms with van der Waals surface area (Å²) in [5.41, 5.74) is 4.18. The molecule has 0 saturated carbocycles. The average Bonchev–Trinajstić information content (AvgIpc) is 2.80. The van der Waals surface area contributed by atoms with Crippen molar-refractivity contribution >= 4 is 29.7 Å². The van der Waals surface area contributed by atoms with E-state index in [1.54, 1.807) is 0 Å². The molecule has 4 aromatic rings. The predicted octanol–water partition coefficient (Wildman–Crippen LogP) is 5.39. The van der Waals surface area contributed by atoms with Gasteiger partial charge in [-0.1, -0.05) is 0 Å². The molecule has 1 nitrogen and oxygen atoms in total. The molecule has 0 aliphatic carbocycles. The Balaban J connectivity index is 1.68. The van der Waals surface area contributed by atoms with Gasteiger partial charge in [-0.2, -0.15) is 0 Å². The first-order chi connectivity index (χ1) is 14.9. The quantitative estimate of drug-likeness (QED) is 0.220. The Kier molecular flexibility index (Phi) is 6.92. The van der Waals surface area contributed by atoms with Crippen LogP contribution in [-0.4, -0.2) is 19.6 Å². The summed E-state index contributed by atoms with van der Waals surface area (Å²) in [5.74, 6) is 6.57. The summed E-state index contributed by atoms with van der Waals surface area (Å²) in [4.78, 5) is 5.10. The van der Waals surface area contributed by atoms with E-state index in [9.17, 15) is 0 Å². The molecule has 144 valence electrons. The minimum atomic E-state index is 0.150. The molecule has 0 bridgehead atoms. The van der Waals surface area contributed by atoms with Crippen LogP contribution in [0, 0.1) is 11.8 Å². The van der Waals surface area contributed by atoms with Crippen LogP contribution in [0.1, 0.15) is 16.7 Å². The zero-order valence-electron chi connectivity index (χ0n) is 16.5. The van der Waals surface area contributed by atoms with E-state index in [-0.39, 0.29) is 15.0 Å². The van der Waals surface area contributed by atoms with Gasteiger partial charge in [0.1, 0.15) is 0 Å². The Bertz CT molecular complexity index is 1130. The van der Waals surface area contributed by atoms with Crippen LogP contribution in [-0.2, 0) is 6.42 Å². The van der Waals surface area contributed by atoms with E-state index in [2.05, 4.69) is 78.6 Å². The van der Waals surface area contributed by atoms with Crippen molar-refractivity contribution < 1.29 is 0 Å². The molecule has 0 aromatic heterocycles. The van der Waals surface area contributed by atoms with Gasteiger partial charge in [-0.15, -0.1) is 0 Å². The van der Waals surface area contributed by atoms with Crippen LogP contribution in [0.4, 0.5) is 5.69 Å². The van der Waals surface area contributed by atoms with Crippen LogP contribution >= 0.6 is 0 Å². The van der Waals surface area contributed by atoms with E-state index < -0.39 is 0 Å². The van der Waals surface area contributed by atoms with Gasteiger partial charge in [0.2, 0.25) is 0 Å². The number of para-hydroxylation sites is 1. The third-order valence-corrected chi connectivity index (χ3v) is 6.50. The first-order valence-corrected chi connectivity index (χ1v) is 11.6. The second-order valence-electron chi connectivity index (χ2n) is 6.72. The molecule has 0 atom stereocenters. The van der Waals surface area contributed by atoms with Crippen molar-refractivity contribution in [3.05, 3.63) is 132 Å². The van der Waals surface area contributed by atoms with Crippen molar-refractivity contribution in [2.24, 2.45) is 4.99 Å². The topological polar surface area (TPSA) is 12.4 Å². The molecule has 0 aliphatic heterocycles. The van der Waals surface area contributed by atoms with Crippen LogP contribution in [0.15, 0.2) is 120 Å². The zero-order chi connectivity index (χ0) is 20.4. The van der Waals surface area contributed by atoms with Crippen molar-refractivity contribution in [3.8, 4) is 11.8 Å². The first-order valence-electron chi connectivity index (χ1n) is 9.87. The van der Waals surface area contributed by atoms with E-state index in [1.165, 1.54) is 14.6 Å². The molecule has 0 heterocycles. The van der Waals surface area contributed by atoms with E-state index in [4.69, 9.17) is 4.99 Å². The van der Waals surface area contributed by atoms with Crippen LogP contribution in [0.25, 0.3) is 0 Å². The maximum atomic E-state index is 5.10. The molecule has 0 radical (unpaired) electrons. The summed E-state index contributed by atoms with van der Waals surface area (Å²) in [6, 6.07) is 39.4. The molecule has 0 spiro atoms. The number of hydrogen-bond donors (Lipinski definition) is 0. The van der Waals surface area contributed by atoms with Gasteiger partial charge in [-0.3, -0.25) is 0 Å². The molecular formula is C28H21NSe. The maximum absolute atomic E-state index is 5.10. The number of aliphatic imine (C=N–C) groups is 1. The SMILES string of the molecule is C(#Cc1ccccc1N=C(Cc1ccccc1)[Se]c1ccccc1)c1ccccc1. The van der Waals surface area contributed by atoms with E-state index in [1.807, 2.05) is 48.5 Å². The van der Waals surface area contributed by atoms with Crippen molar-refractivity contribution in [2.45, 2.75) is 6.42 Å². The average molecular weight is 450 g/mol. The molecule has 0 amide bonds. The molecule has 2 heteroatoms. The minimum absolute atomic E-state index is 0.150. The van der Waals surface area contributed by atoms with E-state index in [0.29, 0.717) is 0 Å². The van der Waals surface area contributed by atoms with Gasteiger partial charge in [-0.25, -0.2) is 0 Å². The van der Waals surface area contributed by atoms with Crippen molar-refractivity contribution in [3.63, 3.8) is 0 Å². The predicted molar refractivity (Wildman–Crippen MR) is 128 cm³/mol. The number of benzene rings is 4. The van der Waals surface area contributed by atoms with Crippen molar-refractivity contribution in [1.29, 1.82) is 0 Å². The van der Waals surface area contributed by atoms with Crippen LogP contribution in [0.5, 0.6) is 0 Å². The molecule has 30 heavy (non-hydrogen) atoms. The van der Waals surface area contributed by atoms with Crippen molar-refractivity contribution in [2.75, 3.05) is 0 Å². The number of nitrogens with zero attached hydrogens (tertiary/aromatic N) is 1. The fourth-order valence-corrected chi connectivity index (χ4v) is 4.95. The Hall–Kier alpha value is -3.37. The Morgan fingerprint density at radius 2 is 1.23 bits per heavy atom. The third-order valence-electron chi connectivity index (χ3n) is 4.44. The zero-order valence-corrected chi connectivity index (χ0v) is 18.2. The van der Waals surface area contributed by atoms with E-state index >= 15 is 0 Å². The summed E-state index contributed by atoms with van der Waals surface area (Å²) in [6.45, 7) is 0. The normalized spacial score (nSPS) is 10.9. The molecule has 0 N–H and O–H groups in total. The number of rotatable bonds is 5. The second-order valence-corrected chi connectivity index (χ2v) is 9.12. The van der Waals surface area contributed by atoms with Crippen molar-refractivity contribution in [1.82, 2.24) is 0 Å². The Labute approximate surface area is 184 Å². The molecule has 0 fully saturated rings. The fraction of sp³-hybridized carbons (Fsp3) is 0.0357. The van der Waals surface area contributed by atoms with Gasteiger partial charge in [-0.05, 0) is 0 Å². The van der Waals surface area contributed by atoms with Crippen LogP contribution in [0.2, 0.25) is 0 Å². The molecule has 0 aliphatic rings. The monoisotopic (exact) mass is 451 g/mol. The van der Waals surface area contributed by atoms with Crippen LogP contribution < -0.4 is 4.46 Å². The van der Waals surface area contributed by atoms with E-state index in [0.717, 1.165) is 23.2 Å². The number of hydrogen-bond acceptors (Lipinski definition) is 1. The third kappa shape index (κ3) is 5.82. The molecule has 0 unspecified atom stereocenters. The molecule has 4 rings (SSSR count). The Morgan fingerprint density at radius 3 is 1.97 bits per heavy atom. The van der Waals surface area contributed by atoms with Gasteiger partial charge >= 0.3 is 185 Å². The summed E-state index contributed by atoms with van der Waals surface area (Å²) >= 11 is 0.150. The summed E-state index contributed by atoms with van der Waals surface area (Å²) in [7, 11) is 0. The van der Waals surface area contributed by atoms with Crippen LogP contribution in [0.3, 0.4) is 0 Å². The van der Waals surface area contributed by atoms with Gasteiger partial charge in [0.15, 0.2) is 0 Å². The second kappa shape index (κ2) is 10.4. The molecule has 4 aromatic carbocycles. The molecule has 0 saturated heterocycles. The standard InChI is InChI=1S/C28H21NSe/c1-4-12-23(13-5-1)20-21-25-16-10-11-19-27(25)29-28(22-24-14-6-2-7-15-24)30-26-17-8-3-9-18-26/h1-19H,22H2. The summed E-state index contributed by atoms with van der Waals surface area (Å²) in [5, 5.41) is 0. The fourth-order valence-electron chi connectivity index (χ4n) is 2.97. The first kappa shape index (κ1) is 19.9. The van der Waals surface area contributed by atoms with Gasteiger partial charge in [0, 0.05) is 0 Å². The molecular weight excluding hydrogens is 429 g/mol.